The topological polar surface area (TPSA) is 66.9 Å². The molecule has 0 radical (unpaired) electrons. The second-order valence-electron chi connectivity index (χ2n) is 7.31. The highest BCUT2D eigenvalue weighted by atomic mass is 16.5. The van der Waals surface area contributed by atoms with Crippen LogP contribution in [0, 0.1) is 5.92 Å². The number of hydrogen-bond acceptors (Lipinski definition) is 4. The molecular formula is C23H26N2O4. The van der Waals surface area contributed by atoms with Gasteiger partial charge in [0.15, 0.2) is 0 Å². The van der Waals surface area contributed by atoms with Crippen LogP contribution in [0.5, 0.6) is 0 Å². The fraction of sp³-hybridized carbons (Fsp3) is 0.348. The average molecular weight is 394 g/mol. The molecule has 6 heteroatoms. The summed E-state index contributed by atoms with van der Waals surface area (Å²) in [5.41, 5.74) is 3.43. The highest BCUT2D eigenvalue weighted by Gasteiger charge is 2.36. The van der Waals surface area contributed by atoms with E-state index in [1.54, 1.807) is 41.1 Å². The second-order valence-corrected chi connectivity index (χ2v) is 7.31. The molecular weight excluding hydrogens is 368 g/mol. The summed E-state index contributed by atoms with van der Waals surface area (Å²) < 4.78 is 4.69. The van der Waals surface area contributed by atoms with E-state index < -0.39 is 5.97 Å². The average Bonchev–Trinajstić information content (AvgIpc) is 3.14. The van der Waals surface area contributed by atoms with Gasteiger partial charge in [-0.25, -0.2) is 4.79 Å². The molecule has 3 rings (SSSR count). The van der Waals surface area contributed by atoms with Crippen molar-refractivity contribution >= 4 is 23.5 Å². The number of carbonyl (C=O) groups is 3. The number of anilines is 1. The van der Waals surface area contributed by atoms with Crippen molar-refractivity contribution < 1.29 is 19.1 Å². The summed E-state index contributed by atoms with van der Waals surface area (Å²) in [5, 5.41) is 0. The van der Waals surface area contributed by atoms with Gasteiger partial charge in [0.1, 0.15) is 0 Å². The van der Waals surface area contributed by atoms with Gasteiger partial charge >= 0.3 is 5.97 Å². The van der Waals surface area contributed by atoms with E-state index >= 15 is 0 Å². The third-order valence-electron chi connectivity index (χ3n) is 5.30. The maximum absolute atomic E-state index is 12.9. The number of hydrogen-bond donors (Lipinski definition) is 0. The van der Waals surface area contributed by atoms with Gasteiger partial charge in [0.2, 0.25) is 11.8 Å². The summed E-state index contributed by atoms with van der Waals surface area (Å²) in [6.45, 7) is 2.90. The van der Waals surface area contributed by atoms with Crippen molar-refractivity contribution in [2.75, 3.05) is 25.6 Å². The number of methoxy groups -OCH3 is 1. The van der Waals surface area contributed by atoms with Crippen molar-refractivity contribution in [1.29, 1.82) is 0 Å². The summed E-state index contributed by atoms with van der Waals surface area (Å²) >= 11 is 0. The minimum absolute atomic E-state index is 0.0246. The Bertz CT molecular complexity index is 890. The van der Waals surface area contributed by atoms with Crippen molar-refractivity contribution in [3.8, 4) is 0 Å². The van der Waals surface area contributed by atoms with Gasteiger partial charge in [0.05, 0.1) is 18.6 Å². The SMILES string of the molecule is CCc1ccc(N2CC(C(=O)N(C)Cc3ccc(C(=O)OC)cc3)CC2=O)cc1. The zero-order chi connectivity index (χ0) is 21.0. The summed E-state index contributed by atoms with van der Waals surface area (Å²) in [5.74, 6) is -0.822. The van der Waals surface area contributed by atoms with Gasteiger partial charge in [-0.15, -0.1) is 0 Å². The van der Waals surface area contributed by atoms with E-state index in [1.165, 1.54) is 12.7 Å². The predicted molar refractivity (Wildman–Crippen MR) is 111 cm³/mol. The van der Waals surface area contributed by atoms with E-state index in [1.807, 2.05) is 24.3 Å². The number of esters is 1. The Labute approximate surface area is 171 Å². The summed E-state index contributed by atoms with van der Waals surface area (Å²) in [6, 6.07) is 14.9. The monoisotopic (exact) mass is 394 g/mol. The van der Waals surface area contributed by atoms with Gasteiger partial charge in [-0.05, 0) is 41.8 Å². The van der Waals surface area contributed by atoms with Crippen LogP contribution < -0.4 is 4.90 Å². The van der Waals surface area contributed by atoms with Gasteiger partial charge in [0, 0.05) is 32.2 Å². The van der Waals surface area contributed by atoms with Gasteiger partial charge in [0.25, 0.3) is 0 Å². The zero-order valence-electron chi connectivity index (χ0n) is 17.1. The molecule has 2 aromatic rings. The van der Waals surface area contributed by atoms with Crippen LogP contribution in [0.25, 0.3) is 0 Å². The molecule has 1 saturated heterocycles. The number of ether oxygens (including phenoxy) is 1. The molecule has 0 bridgehead atoms. The first-order valence-corrected chi connectivity index (χ1v) is 9.74. The van der Waals surface area contributed by atoms with E-state index in [2.05, 4.69) is 6.92 Å². The predicted octanol–water partition coefficient (Wildman–Crippen LogP) is 3.05. The Morgan fingerprint density at radius 1 is 1.07 bits per heavy atom. The second kappa shape index (κ2) is 8.90. The molecule has 1 atom stereocenters. The third-order valence-corrected chi connectivity index (χ3v) is 5.30. The first-order valence-electron chi connectivity index (χ1n) is 9.74. The fourth-order valence-corrected chi connectivity index (χ4v) is 3.56. The third kappa shape index (κ3) is 4.65. The van der Waals surface area contributed by atoms with Gasteiger partial charge in [-0.1, -0.05) is 31.2 Å². The molecule has 1 heterocycles. The number of nitrogens with zero attached hydrogens (tertiary/aromatic N) is 2. The van der Waals surface area contributed by atoms with E-state index in [0.29, 0.717) is 18.7 Å². The molecule has 2 amide bonds. The van der Waals surface area contributed by atoms with Crippen molar-refractivity contribution in [2.24, 2.45) is 5.92 Å². The van der Waals surface area contributed by atoms with Crippen molar-refractivity contribution in [2.45, 2.75) is 26.3 Å². The van der Waals surface area contributed by atoms with E-state index in [4.69, 9.17) is 4.74 Å². The molecule has 1 aliphatic heterocycles. The first kappa shape index (κ1) is 20.6. The molecule has 0 N–H and O–H groups in total. The van der Waals surface area contributed by atoms with Crippen LogP contribution in [0.4, 0.5) is 5.69 Å². The van der Waals surface area contributed by atoms with Crippen molar-refractivity contribution in [3.05, 3.63) is 65.2 Å². The smallest absolute Gasteiger partial charge is 0.337 e. The lowest BCUT2D eigenvalue weighted by atomic mass is 10.1. The standard InChI is InChI=1S/C23H26N2O4/c1-4-16-7-11-20(12-8-16)25-15-19(13-21(25)26)22(27)24(2)14-17-5-9-18(10-6-17)23(28)29-3/h5-12,19H,4,13-15H2,1-3H3. The highest BCUT2D eigenvalue weighted by molar-refractivity contribution is 6.00. The van der Waals surface area contributed by atoms with E-state index in [9.17, 15) is 14.4 Å². The molecule has 152 valence electrons. The van der Waals surface area contributed by atoms with Crippen molar-refractivity contribution in [1.82, 2.24) is 4.90 Å². The molecule has 2 aromatic carbocycles. The lowest BCUT2D eigenvalue weighted by Gasteiger charge is -2.22. The number of benzene rings is 2. The zero-order valence-corrected chi connectivity index (χ0v) is 17.1. The van der Waals surface area contributed by atoms with Crippen LogP contribution in [-0.2, 0) is 27.3 Å². The molecule has 1 fully saturated rings. The highest BCUT2D eigenvalue weighted by Crippen LogP contribution is 2.27. The Hall–Kier alpha value is -3.15. The largest absolute Gasteiger partial charge is 0.465 e. The maximum Gasteiger partial charge on any atom is 0.337 e. The van der Waals surface area contributed by atoms with Crippen LogP contribution in [0.15, 0.2) is 48.5 Å². The van der Waals surface area contributed by atoms with Gasteiger partial charge < -0.3 is 14.5 Å². The quantitative estimate of drug-likeness (QED) is 0.707. The van der Waals surface area contributed by atoms with Crippen LogP contribution >= 0.6 is 0 Å². The summed E-state index contributed by atoms with van der Waals surface area (Å²) in [6.07, 6.45) is 1.17. The van der Waals surface area contributed by atoms with Crippen LogP contribution in [0.3, 0.4) is 0 Å². The molecule has 6 nitrogen and oxygen atoms in total. The Morgan fingerprint density at radius 2 is 1.69 bits per heavy atom. The summed E-state index contributed by atoms with van der Waals surface area (Å²) in [4.78, 5) is 40.2. The molecule has 0 spiro atoms. The van der Waals surface area contributed by atoms with Crippen molar-refractivity contribution in [3.63, 3.8) is 0 Å². The van der Waals surface area contributed by atoms with Crippen LogP contribution in [-0.4, -0.2) is 43.4 Å². The lowest BCUT2D eigenvalue weighted by Crippen LogP contribution is -2.34. The Balaban J connectivity index is 1.62. The normalized spacial score (nSPS) is 16.0. The first-order chi connectivity index (χ1) is 13.9. The number of carbonyl (C=O) groups excluding carboxylic acids is 3. The Morgan fingerprint density at radius 3 is 2.28 bits per heavy atom. The molecule has 0 aromatic heterocycles. The number of rotatable bonds is 6. The van der Waals surface area contributed by atoms with Crippen LogP contribution in [0.2, 0.25) is 0 Å². The maximum atomic E-state index is 12.9. The Kier molecular flexibility index (Phi) is 6.32. The summed E-state index contributed by atoms with van der Waals surface area (Å²) in [7, 11) is 3.08. The molecule has 1 unspecified atom stereocenters. The molecule has 0 saturated carbocycles. The van der Waals surface area contributed by atoms with Gasteiger partial charge in [-0.3, -0.25) is 9.59 Å². The molecule has 29 heavy (non-hydrogen) atoms. The number of aryl methyl sites for hydroxylation is 1. The minimum Gasteiger partial charge on any atom is -0.465 e. The number of amides is 2. The lowest BCUT2D eigenvalue weighted by molar-refractivity contribution is -0.135. The van der Waals surface area contributed by atoms with Gasteiger partial charge in [-0.2, -0.15) is 0 Å². The molecule has 1 aliphatic rings. The minimum atomic E-state index is -0.391. The fourth-order valence-electron chi connectivity index (χ4n) is 3.56. The van der Waals surface area contributed by atoms with Crippen LogP contribution in [0.1, 0.15) is 34.8 Å². The molecule has 0 aliphatic carbocycles. The van der Waals surface area contributed by atoms with E-state index in [0.717, 1.165) is 17.7 Å². The van der Waals surface area contributed by atoms with E-state index in [-0.39, 0.29) is 24.2 Å².